The first-order valence-corrected chi connectivity index (χ1v) is 15.1. The maximum Gasteiger partial charge on any atom is 0.244 e. The molecule has 0 spiro atoms. The molecule has 9 heteroatoms. The molecule has 7 nitrogen and oxygen atoms in total. The zero-order valence-electron chi connectivity index (χ0n) is 22.8. The van der Waals surface area contributed by atoms with Crippen molar-refractivity contribution in [3.05, 3.63) is 101 Å². The number of carbonyl (C=O) groups excluding carboxylic acids is 2. The quantitative estimate of drug-likeness (QED) is 0.338. The fraction of sp³-hybridized carbons (Fsp3) is 0.333. The van der Waals surface area contributed by atoms with E-state index >= 15 is 0 Å². The molecular formula is C30H36ClN3O4S. The minimum absolute atomic E-state index is 0.131. The van der Waals surface area contributed by atoms with Gasteiger partial charge in [0.2, 0.25) is 21.8 Å². The van der Waals surface area contributed by atoms with Crippen LogP contribution in [-0.4, -0.2) is 50.5 Å². The van der Waals surface area contributed by atoms with Crippen molar-refractivity contribution in [2.45, 2.75) is 39.8 Å². The molecule has 0 saturated carbocycles. The van der Waals surface area contributed by atoms with E-state index in [2.05, 4.69) is 5.32 Å². The summed E-state index contributed by atoms with van der Waals surface area (Å²) in [6.07, 6.45) is 1.30. The number of hydrogen-bond donors (Lipinski definition) is 1. The van der Waals surface area contributed by atoms with Crippen molar-refractivity contribution in [3.8, 4) is 0 Å². The van der Waals surface area contributed by atoms with Gasteiger partial charge in [0.25, 0.3) is 0 Å². The molecule has 0 bridgehead atoms. The highest BCUT2D eigenvalue weighted by molar-refractivity contribution is 7.92. The average Bonchev–Trinajstić information content (AvgIpc) is 2.89. The van der Waals surface area contributed by atoms with Crippen LogP contribution in [0.4, 0.5) is 5.69 Å². The van der Waals surface area contributed by atoms with E-state index in [9.17, 15) is 18.0 Å². The van der Waals surface area contributed by atoms with Gasteiger partial charge in [-0.1, -0.05) is 97.7 Å². The van der Waals surface area contributed by atoms with E-state index in [4.69, 9.17) is 11.6 Å². The van der Waals surface area contributed by atoms with E-state index < -0.39 is 28.5 Å². The van der Waals surface area contributed by atoms with Gasteiger partial charge in [0, 0.05) is 19.5 Å². The molecule has 0 fully saturated rings. The van der Waals surface area contributed by atoms with Crippen LogP contribution in [0.1, 0.15) is 30.5 Å². The number of halogens is 1. The number of anilines is 1. The van der Waals surface area contributed by atoms with E-state index in [0.29, 0.717) is 6.54 Å². The molecule has 0 aliphatic rings. The Morgan fingerprint density at radius 1 is 0.897 bits per heavy atom. The lowest BCUT2D eigenvalue weighted by atomic mass is 10.0. The van der Waals surface area contributed by atoms with Crippen molar-refractivity contribution in [1.29, 1.82) is 0 Å². The lowest BCUT2D eigenvalue weighted by Crippen LogP contribution is -2.53. The fourth-order valence-electron chi connectivity index (χ4n) is 4.12. The van der Waals surface area contributed by atoms with Gasteiger partial charge in [-0.25, -0.2) is 8.42 Å². The van der Waals surface area contributed by atoms with Crippen molar-refractivity contribution in [3.63, 3.8) is 0 Å². The molecule has 0 aliphatic heterocycles. The monoisotopic (exact) mass is 569 g/mol. The molecule has 39 heavy (non-hydrogen) atoms. The van der Waals surface area contributed by atoms with Gasteiger partial charge in [-0.3, -0.25) is 13.9 Å². The van der Waals surface area contributed by atoms with Crippen LogP contribution in [0.3, 0.4) is 0 Å². The average molecular weight is 570 g/mol. The van der Waals surface area contributed by atoms with E-state index in [-0.39, 0.29) is 35.5 Å². The molecule has 0 aliphatic carbocycles. The number of amides is 2. The van der Waals surface area contributed by atoms with Crippen LogP contribution in [0.2, 0.25) is 5.02 Å². The summed E-state index contributed by atoms with van der Waals surface area (Å²) in [6, 6.07) is 22.8. The summed E-state index contributed by atoms with van der Waals surface area (Å²) in [7, 11) is -3.87. The molecular weight excluding hydrogens is 534 g/mol. The van der Waals surface area contributed by atoms with Gasteiger partial charge in [-0.2, -0.15) is 0 Å². The molecule has 0 unspecified atom stereocenters. The maximum absolute atomic E-state index is 14.0. The largest absolute Gasteiger partial charge is 0.354 e. The zero-order chi connectivity index (χ0) is 28.6. The number of rotatable bonds is 12. The number of carbonyl (C=O) groups is 2. The molecule has 0 saturated heterocycles. The minimum atomic E-state index is -3.87. The number of sulfonamides is 1. The maximum atomic E-state index is 14.0. The summed E-state index contributed by atoms with van der Waals surface area (Å²) >= 11 is 6.33. The third-order valence-corrected chi connectivity index (χ3v) is 7.68. The van der Waals surface area contributed by atoms with Crippen molar-refractivity contribution in [2.24, 2.45) is 5.92 Å². The van der Waals surface area contributed by atoms with Crippen LogP contribution < -0.4 is 9.62 Å². The van der Waals surface area contributed by atoms with Crippen molar-refractivity contribution in [2.75, 3.05) is 23.7 Å². The first kappa shape index (κ1) is 30.2. The molecule has 3 rings (SSSR count). The third kappa shape index (κ3) is 8.83. The molecule has 1 atom stereocenters. The third-order valence-electron chi connectivity index (χ3n) is 6.23. The molecule has 2 amide bonds. The zero-order valence-corrected chi connectivity index (χ0v) is 24.4. The molecule has 3 aromatic carbocycles. The van der Waals surface area contributed by atoms with Crippen LogP contribution in [0, 0.1) is 12.8 Å². The number of para-hydroxylation sites is 1. The number of hydrogen-bond acceptors (Lipinski definition) is 4. The summed E-state index contributed by atoms with van der Waals surface area (Å²) in [5.74, 6) is -0.591. The SMILES string of the molecule is Cc1ccc(CN(C(=O)CN(c2ccccc2Cl)S(C)(=O)=O)[C@@H](Cc2ccccc2)C(=O)NCC(C)C)cc1. The normalized spacial score (nSPS) is 12.2. The van der Waals surface area contributed by atoms with Crippen LogP contribution >= 0.6 is 11.6 Å². The van der Waals surface area contributed by atoms with E-state index in [1.165, 1.54) is 4.90 Å². The van der Waals surface area contributed by atoms with Crippen LogP contribution in [0.5, 0.6) is 0 Å². The molecule has 0 heterocycles. The highest BCUT2D eigenvalue weighted by Gasteiger charge is 2.33. The molecule has 0 radical (unpaired) electrons. The second-order valence-corrected chi connectivity index (χ2v) is 12.4. The van der Waals surface area contributed by atoms with Crippen LogP contribution in [0.25, 0.3) is 0 Å². The Kier molecular flexibility index (Phi) is 10.5. The van der Waals surface area contributed by atoms with Crippen LogP contribution in [-0.2, 0) is 32.6 Å². The Morgan fingerprint density at radius 3 is 2.10 bits per heavy atom. The summed E-state index contributed by atoms with van der Waals surface area (Å²) < 4.78 is 26.6. The van der Waals surface area contributed by atoms with Crippen molar-refractivity contribution < 1.29 is 18.0 Å². The van der Waals surface area contributed by atoms with Gasteiger partial charge in [-0.15, -0.1) is 0 Å². The second-order valence-electron chi connectivity index (χ2n) is 10.1. The fourth-order valence-corrected chi connectivity index (χ4v) is 5.26. The topological polar surface area (TPSA) is 86.8 Å². The summed E-state index contributed by atoms with van der Waals surface area (Å²) in [5, 5.41) is 3.18. The predicted molar refractivity (Wildman–Crippen MR) is 157 cm³/mol. The van der Waals surface area contributed by atoms with E-state index in [0.717, 1.165) is 27.3 Å². The van der Waals surface area contributed by atoms with Gasteiger partial charge >= 0.3 is 0 Å². The smallest absolute Gasteiger partial charge is 0.244 e. The molecule has 0 aromatic heterocycles. The summed E-state index contributed by atoms with van der Waals surface area (Å²) in [5.41, 5.74) is 2.98. The Balaban J connectivity index is 2.05. The van der Waals surface area contributed by atoms with Crippen molar-refractivity contribution in [1.82, 2.24) is 10.2 Å². The second kappa shape index (κ2) is 13.6. The van der Waals surface area contributed by atoms with Gasteiger partial charge in [-0.05, 0) is 36.1 Å². The Morgan fingerprint density at radius 2 is 1.51 bits per heavy atom. The van der Waals surface area contributed by atoms with E-state index in [1.54, 1.807) is 24.3 Å². The standard InChI is InChI=1S/C30H36ClN3O4S/c1-22(2)19-32-30(36)28(18-24-10-6-5-7-11-24)33(20-25-16-14-23(3)15-17-25)29(35)21-34(39(4,37)38)27-13-9-8-12-26(27)31/h5-17,22,28H,18-21H2,1-4H3,(H,32,36)/t28-/m0/s1. The number of nitrogens with zero attached hydrogens (tertiary/aromatic N) is 2. The number of aryl methyl sites for hydroxylation is 1. The Hall–Kier alpha value is -3.36. The lowest BCUT2D eigenvalue weighted by molar-refractivity contribution is -0.140. The first-order chi connectivity index (χ1) is 18.5. The van der Waals surface area contributed by atoms with Gasteiger partial charge < -0.3 is 10.2 Å². The minimum Gasteiger partial charge on any atom is -0.354 e. The highest BCUT2D eigenvalue weighted by atomic mass is 35.5. The van der Waals surface area contributed by atoms with Gasteiger partial charge in [0.05, 0.1) is 17.0 Å². The van der Waals surface area contributed by atoms with Gasteiger partial charge in [0.1, 0.15) is 12.6 Å². The Labute approximate surface area is 236 Å². The number of nitrogens with one attached hydrogen (secondary N) is 1. The highest BCUT2D eigenvalue weighted by Crippen LogP contribution is 2.27. The van der Waals surface area contributed by atoms with E-state index in [1.807, 2.05) is 75.4 Å². The molecule has 3 aromatic rings. The summed E-state index contributed by atoms with van der Waals surface area (Å²) in [4.78, 5) is 29.1. The molecule has 1 N–H and O–H groups in total. The van der Waals surface area contributed by atoms with Gasteiger partial charge in [0.15, 0.2) is 0 Å². The summed E-state index contributed by atoms with van der Waals surface area (Å²) in [6.45, 7) is 6.04. The van der Waals surface area contributed by atoms with Crippen molar-refractivity contribution >= 4 is 39.1 Å². The number of benzene rings is 3. The van der Waals surface area contributed by atoms with Crippen LogP contribution in [0.15, 0.2) is 78.9 Å². The first-order valence-electron chi connectivity index (χ1n) is 12.8. The lowest BCUT2D eigenvalue weighted by Gasteiger charge is -2.33. The molecule has 208 valence electrons. The Bertz CT molecular complexity index is 1360. The predicted octanol–water partition coefficient (Wildman–Crippen LogP) is 4.83.